The van der Waals surface area contributed by atoms with Crippen molar-refractivity contribution in [1.82, 2.24) is 14.5 Å². The van der Waals surface area contributed by atoms with Crippen LogP contribution in [-0.2, 0) is 14.8 Å². The van der Waals surface area contributed by atoms with E-state index in [0.29, 0.717) is 18.6 Å². The zero-order valence-electron chi connectivity index (χ0n) is 15.8. The molecule has 0 spiro atoms. The van der Waals surface area contributed by atoms with Crippen molar-refractivity contribution in [3.05, 3.63) is 54.2 Å². The van der Waals surface area contributed by atoms with Crippen LogP contribution in [0, 0.1) is 5.82 Å². The maximum atomic E-state index is 14.0. The zero-order valence-corrected chi connectivity index (χ0v) is 16.7. The van der Waals surface area contributed by atoms with Gasteiger partial charge in [-0.15, -0.1) is 0 Å². The van der Waals surface area contributed by atoms with E-state index in [1.54, 1.807) is 12.3 Å². The minimum Gasteiger partial charge on any atom is -0.468 e. The van der Waals surface area contributed by atoms with Crippen molar-refractivity contribution < 1.29 is 22.0 Å². The molecular weight excluding hydrogens is 385 g/mol. The monoisotopic (exact) mass is 409 g/mol. The molecule has 1 saturated heterocycles. The van der Waals surface area contributed by atoms with E-state index < -0.39 is 32.7 Å². The second-order valence-corrected chi connectivity index (χ2v) is 8.80. The molecule has 0 radical (unpaired) electrons. The topological polar surface area (TPSA) is 82.9 Å². The second-order valence-electron chi connectivity index (χ2n) is 6.94. The molecule has 1 fully saturated rings. The third-order valence-electron chi connectivity index (χ3n) is 4.89. The van der Waals surface area contributed by atoms with Gasteiger partial charge in [0.15, 0.2) is 0 Å². The van der Waals surface area contributed by atoms with Gasteiger partial charge in [0, 0.05) is 13.1 Å². The number of benzene rings is 1. The largest absolute Gasteiger partial charge is 0.468 e. The van der Waals surface area contributed by atoms with E-state index in [9.17, 15) is 17.6 Å². The number of furan rings is 1. The zero-order chi connectivity index (χ0) is 20.3. The molecule has 1 amide bonds. The molecule has 1 N–H and O–H groups in total. The number of nitrogens with zero attached hydrogens (tertiary/aromatic N) is 2. The van der Waals surface area contributed by atoms with Crippen LogP contribution >= 0.6 is 0 Å². The number of hydrogen-bond acceptors (Lipinski definition) is 5. The Hall–Kier alpha value is -2.23. The van der Waals surface area contributed by atoms with Crippen molar-refractivity contribution in [3.63, 3.8) is 0 Å². The Morgan fingerprint density at radius 3 is 2.71 bits per heavy atom. The summed E-state index contributed by atoms with van der Waals surface area (Å²) in [4.78, 5) is 14.3. The highest BCUT2D eigenvalue weighted by Gasteiger charge is 2.40. The molecule has 0 saturated carbocycles. The van der Waals surface area contributed by atoms with Crippen LogP contribution in [0.15, 0.2) is 52.0 Å². The highest BCUT2D eigenvalue weighted by Crippen LogP contribution is 2.28. The van der Waals surface area contributed by atoms with Crippen LogP contribution in [0.1, 0.15) is 24.6 Å². The minimum atomic E-state index is -4.09. The third-order valence-corrected chi connectivity index (χ3v) is 6.84. The summed E-state index contributed by atoms with van der Waals surface area (Å²) >= 11 is 0. The fraction of sp³-hybridized carbons (Fsp3) is 0.421. The van der Waals surface area contributed by atoms with Gasteiger partial charge in [-0.3, -0.25) is 9.69 Å². The Morgan fingerprint density at radius 2 is 2.07 bits per heavy atom. The van der Waals surface area contributed by atoms with E-state index in [0.717, 1.165) is 10.4 Å². The molecule has 2 atom stereocenters. The number of carbonyl (C=O) groups excluding carboxylic acids is 1. The fourth-order valence-electron chi connectivity index (χ4n) is 3.40. The first kappa shape index (κ1) is 20.5. The van der Waals surface area contributed by atoms with E-state index in [4.69, 9.17) is 4.42 Å². The van der Waals surface area contributed by atoms with Gasteiger partial charge in [-0.1, -0.05) is 12.1 Å². The molecular formula is C19H24FN3O4S. The summed E-state index contributed by atoms with van der Waals surface area (Å²) in [5, 5.41) is 2.82. The third kappa shape index (κ3) is 4.11. The number of amides is 1. The first-order valence-corrected chi connectivity index (χ1v) is 10.5. The average molecular weight is 409 g/mol. The smallest absolute Gasteiger partial charge is 0.246 e. The van der Waals surface area contributed by atoms with E-state index in [1.807, 2.05) is 25.1 Å². The average Bonchev–Trinajstić information content (AvgIpc) is 3.34. The maximum Gasteiger partial charge on any atom is 0.246 e. The molecule has 9 heteroatoms. The van der Waals surface area contributed by atoms with Gasteiger partial charge in [-0.05, 0) is 51.2 Å². The van der Waals surface area contributed by atoms with Gasteiger partial charge in [-0.2, -0.15) is 4.31 Å². The highest BCUT2D eigenvalue weighted by molar-refractivity contribution is 7.89. The van der Waals surface area contributed by atoms with Gasteiger partial charge in [0.1, 0.15) is 22.5 Å². The van der Waals surface area contributed by atoms with Crippen molar-refractivity contribution in [1.29, 1.82) is 0 Å². The molecule has 7 nitrogen and oxygen atoms in total. The van der Waals surface area contributed by atoms with Gasteiger partial charge in [0.05, 0.1) is 12.3 Å². The Bertz CT molecular complexity index is 915. The molecule has 1 aliphatic heterocycles. The minimum absolute atomic E-state index is 0.183. The molecule has 2 aromatic rings. The Balaban J connectivity index is 1.74. The maximum absolute atomic E-state index is 14.0. The summed E-state index contributed by atoms with van der Waals surface area (Å²) in [5.41, 5.74) is 0. The van der Waals surface area contributed by atoms with Crippen molar-refractivity contribution in [2.45, 2.75) is 29.8 Å². The van der Waals surface area contributed by atoms with Crippen LogP contribution in [0.4, 0.5) is 4.39 Å². The molecule has 1 aromatic carbocycles. The number of sulfonamides is 1. The lowest BCUT2D eigenvalue weighted by Crippen LogP contribution is -2.47. The van der Waals surface area contributed by atoms with Crippen molar-refractivity contribution in [2.75, 3.05) is 27.2 Å². The summed E-state index contributed by atoms with van der Waals surface area (Å²) < 4.78 is 46.3. The lowest BCUT2D eigenvalue weighted by atomic mass is 10.2. The van der Waals surface area contributed by atoms with Crippen molar-refractivity contribution in [2.24, 2.45) is 0 Å². The summed E-state index contributed by atoms with van der Waals surface area (Å²) in [6.07, 6.45) is 2.50. The lowest BCUT2D eigenvalue weighted by Gasteiger charge is -2.26. The first-order chi connectivity index (χ1) is 13.3. The lowest BCUT2D eigenvalue weighted by molar-refractivity contribution is -0.124. The van der Waals surface area contributed by atoms with E-state index in [2.05, 4.69) is 5.32 Å². The Labute approximate surface area is 164 Å². The molecule has 1 aromatic heterocycles. The van der Waals surface area contributed by atoms with E-state index in [1.165, 1.54) is 18.2 Å². The van der Waals surface area contributed by atoms with Crippen LogP contribution < -0.4 is 5.32 Å². The predicted octanol–water partition coefficient (Wildman–Crippen LogP) is 1.99. The number of nitrogens with one attached hydrogen (secondary N) is 1. The number of halogens is 1. The summed E-state index contributed by atoms with van der Waals surface area (Å²) in [5.74, 6) is -0.512. The fourth-order valence-corrected chi connectivity index (χ4v) is 5.13. The summed E-state index contributed by atoms with van der Waals surface area (Å²) in [6.45, 7) is 0.452. The van der Waals surface area contributed by atoms with Crippen molar-refractivity contribution in [3.8, 4) is 0 Å². The van der Waals surface area contributed by atoms with Crippen LogP contribution in [-0.4, -0.2) is 56.8 Å². The Kier molecular flexibility index (Phi) is 6.17. The molecule has 0 bridgehead atoms. The predicted molar refractivity (Wildman–Crippen MR) is 101 cm³/mol. The number of hydrogen-bond donors (Lipinski definition) is 1. The normalized spacial score (nSPS) is 19.1. The first-order valence-electron chi connectivity index (χ1n) is 9.06. The highest BCUT2D eigenvalue weighted by atomic mass is 32.2. The van der Waals surface area contributed by atoms with Gasteiger partial charge >= 0.3 is 0 Å². The van der Waals surface area contributed by atoms with Gasteiger partial charge in [0.2, 0.25) is 15.9 Å². The SMILES string of the molecule is CN(C)[C@H](CNC(=O)[C@H]1CCCN1S(=O)(=O)c1ccccc1F)c1ccco1. The van der Waals surface area contributed by atoms with Gasteiger partial charge in [-0.25, -0.2) is 12.8 Å². The number of rotatable bonds is 7. The molecule has 1 aliphatic rings. The van der Waals surface area contributed by atoms with E-state index >= 15 is 0 Å². The van der Waals surface area contributed by atoms with Crippen LogP contribution in [0.2, 0.25) is 0 Å². The summed E-state index contributed by atoms with van der Waals surface area (Å²) in [7, 11) is -0.363. The second kappa shape index (κ2) is 8.42. The van der Waals surface area contributed by atoms with Gasteiger partial charge < -0.3 is 9.73 Å². The standard InChI is InChI=1S/C19H24FN3O4S/c1-22(2)16(17-9-6-12-27-17)13-21-19(24)15-8-5-11-23(15)28(25,26)18-10-4-3-7-14(18)20/h3-4,6-7,9-10,12,15-16H,5,8,11,13H2,1-2H3,(H,21,24)/t15-,16-/m1/s1. The number of carbonyl (C=O) groups is 1. The molecule has 3 rings (SSSR count). The number of likely N-dealkylation sites (N-methyl/N-ethyl adjacent to an activating group) is 1. The molecule has 0 aliphatic carbocycles. The van der Waals surface area contributed by atoms with Gasteiger partial charge in [0.25, 0.3) is 0 Å². The Morgan fingerprint density at radius 1 is 1.32 bits per heavy atom. The molecule has 0 unspecified atom stereocenters. The van der Waals surface area contributed by atoms with E-state index in [-0.39, 0.29) is 19.1 Å². The molecule has 2 heterocycles. The van der Waals surface area contributed by atoms with Crippen LogP contribution in [0.3, 0.4) is 0 Å². The van der Waals surface area contributed by atoms with Crippen LogP contribution in [0.25, 0.3) is 0 Å². The quantitative estimate of drug-likeness (QED) is 0.756. The molecule has 28 heavy (non-hydrogen) atoms. The molecule has 152 valence electrons. The summed E-state index contributed by atoms with van der Waals surface area (Å²) in [6, 6.07) is 7.76. The van der Waals surface area contributed by atoms with Crippen LogP contribution in [0.5, 0.6) is 0 Å². The van der Waals surface area contributed by atoms with Crippen molar-refractivity contribution >= 4 is 15.9 Å².